The van der Waals surface area contributed by atoms with Gasteiger partial charge in [-0.15, -0.1) is 0 Å². The van der Waals surface area contributed by atoms with E-state index in [2.05, 4.69) is 0 Å². The Kier molecular flexibility index (Phi) is 3.37. The van der Waals surface area contributed by atoms with Crippen LogP contribution in [0.15, 0.2) is 36.4 Å². The average Bonchev–Trinajstić information content (AvgIpc) is 2.46. The largest absolute Gasteiger partial charge is 0.508 e. The van der Waals surface area contributed by atoms with E-state index in [4.69, 9.17) is 0 Å². The Morgan fingerprint density at radius 3 is 2.76 bits per heavy atom. The van der Waals surface area contributed by atoms with Crippen molar-refractivity contribution in [2.24, 2.45) is 0 Å². The Morgan fingerprint density at radius 1 is 1.19 bits per heavy atom. The smallest absolute Gasteiger partial charge is 0.254 e. The summed E-state index contributed by atoms with van der Waals surface area (Å²) in [5, 5.41) is 9.56. The Balaban J connectivity index is 1.87. The molecule has 1 heterocycles. The van der Waals surface area contributed by atoms with Crippen molar-refractivity contribution in [3.8, 4) is 5.75 Å². The van der Waals surface area contributed by atoms with Crippen molar-refractivity contribution in [2.45, 2.75) is 19.9 Å². The molecule has 0 saturated carbocycles. The van der Waals surface area contributed by atoms with Crippen LogP contribution in [-0.4, -0.2) is 22.5 Å². The van der Waals surface area contributed by atoms with Gasteiger partial charge >= 0.3 is 0 Å². The van der Waals surface area contributed by atoms with Crippen molar-refractivity contribution >= 4 is 5.91 Å². The number of benzene rings is 2. The van der Waals surface area contributed by atoms with E-state index >= 15 is 0 Å². The van der Waals surface area contributed by atoms with Crippen LogP contribution in [0.5, 0.6) is 5.75 Å². The van der Waals surface area contributed by atoms with Crippen LogP contribution in [-0.2, 0) is 13.0 Å². The van der Waals surface area contributed by atoms with Gasteiger partial charge in [0.2, 0.25) is 0 Å². The number of rotatable bonds is 1. The zero-order chi connectivity index (χ0) is 15.0. The zero-order valence-corrected chi connectivity index (χ0v) is 11.8. The number of aromatic hydroxyl groups is 1. The molecule has 0 spiro atoms. The Labute approximate surface area is 122 Å². The molecule has 1 N–H and O–H groups in total. The summed E-state index contributed by atoms with van der Waals surface area (Å²) in [5.41, 5.74) is 3.30. The standard InChI is InChI=1S/C17H16FNO2/c1-11-8-14(18)3-5-16(11)17(21)19-7-6-12-2-4-15(20)9-13(12)10-19/h2-5,8-9,20H,6-7,10H2,1H3. The van der Waals surface area contributed by atoms with Crippen molar-refractivity contribution in [3.05, 3.63) is 64.5 Å². The van der Waals surface area contributed by atoms with Crippen LogP contribution in [0.2, 0.25) is 0 Å². The fourth-order valence-corrected chi connectivity index (χ4v) is 2.75. The van der Waals surface area contributed by atoms with Crippen LogP contribution in [0.4, 0.5) is 4.39 Å². The number of phenols is 1. The van der Waals surface area contributed by atoms with E-state index in [0.717, 1.165) is 17.5 Å². The number of halogens is 1. The third kappa shape index (κ3) is 2.61. The molecule has 1 aliphatic heterocycles. The van der Waals surface area contributed by atoms with Crippen molar-refractivity contribution in [1.29, 1.82) is 0 Å². The quantitative estimate of drug-likeness (QED) is 0.875. The summed E-state index contributed by atoms with van der Waals surface area (Å²) >= 11 is 0. The number of hydrogen-bond donors (Lipinski definition) is 1. The van der Waals surface area contributed by atoms with Crippen molar-refractivity contribution in [1.82, 2.24) is 4.90 Å². The van der Waals surface area contributed by atoms with Crippen molar-refractivity contribution in [3.63, 3.8) is 0 Å². The SMILES string of the molecule is Cc1cc(F)ccc1C(=O)N1CCc2ccc(O)cc2C1. The number of nitrogens with zero attached hydrogens (tertiary/aromatic N) is 1. The van der Waals surface area contributed by atoms with Crippen LogP contribution in [0.3, 0.4) is 0 Å². The molecular weight excluding hydrogens is 269 g/mol. The van der Waals surface area contributed by atoms with Gasteiger partial charge in [0.25, 0.3) is 5.91 Å². The predicted octanol–water partition coefficient (Wildman–Crippen LogP) is 3.04. The minimum atomic E-state index is -0.335. The summed E-state index contributed by atoms with van der Waals surface area (Å²) in [4.78, 5) is 14.3. The van der Waals surface area contributed by atoms with Gasteiger partial charge in [-0.1, -0.05) is 6.07 Å². The van der Waals surface area contributed by atoms with Crippen molar-refractivity contribution in [2.75, 3.05) is 6.54 Å². The Morgan fingerprint density at radius 2 is 2.00 bits per heavy atom. The molecule has 0 fully saturated rings. The lowest BCUT2D eigenvalue weighted by Gasteiger charge is -2.29. The maximum Gasteiger partial charge on any atom is 0.254 e. The highest BCUT2D eigenvalue weighted by molar-refractivity contribution is 5.95. The first kappa shape index (κ1) is 13.6. The molecule has 1 aliphatic rings. The molecular formula is C17H16FNO2. The summed E-state index contributed by atoms with van der Waals surface area (Å²) in [6.07, 6.45) is 0.765. The van der Waals surface area contributed by atoms with Crippen molar-refractivity contribution < 1.29 is 14.3 Å². The summed E-state index contributed by atoms with van der Waals surface area (Å²) in [6.45, 7) is 2.84. The molecule has 1 amide bonds. The van der Waals surface area contributed by atoms with E-state index in [0.29, 0.717) is 24.2 Å². The normalized spacial score (nSPS) is 13.9. The highest BCUT2D eigenvalue weighted by Crippen LogP contribution is 2.24. The molecule has 0 aliphatic carbocycles. The van der Waals surface area contributed by atoms with Crippen LogP contribution in [0.1, 0.15) is 27.0 Å². The van der Waals surface area contributed by atoms with E-state index in [1.807, 2.05) is 6.07 Å². The monoisotopic (exact) mass is 285 g/mol. The molecule has 2 aromatic rings. The second-order valence-electron chi connectivity index (χ2n) is 5.39. The lowest BCUT2D eigenvalue weighted by Crippen LogP contribution is -2.36. The molecule has 4 heteroatoms. The minimum absolute atomic E-state index is 0.0958. The lowest BCUT2D eigenvalue weighted by atomic mass is 9.98. The first-order chi connectivity index (χ1) is 10.0. The molecule has 0 aromatic heterocycles. The number of hydrogen-bond acceptors (Lipinski definition) is 2. The molecule has 0 atom stereocenters. The number of carbonyl (C=O) groups is 1. The molecule has 21 heavy (non-hydrogen) atoms. The van der Waals surface area contributed by atoms with E-state index in [1.165, 1.54) is 18.2 Å². The summed E-state index contributed by atoms with van der Waals surface area (Å²) < 4.78 is 13.1. The van der Waals surface area contributed by atoms with Gasteiger partial charge in [0.15, 0.2) is 0 Å². The van der Waals surface area contributed by atoms with Gasteiger partial charge in [-0.3, -0.25) is 4.79 Å². The molecule has 3 nitrogen and oxygen atoms in total. The highest BCUT2D eigenvalue weighted by atomic mass is 19.1. The predicted molar refractivity (Wildman–Crippen MR) is 77.7 cm³/mol. The maximum atomic E-state index is 13.1. The second-order valence-corrected chi connectivity index (χ2v) is 5.39. The van der Waals surface area contributed by atoms with Gasteiger partial charge in [-0.2, -0.15) is 0 Å². The topological polar surface area (TPSA) is 40.5 Å². The summed E-state index contributed by atoms with van der Waals surface area (Å²) in [7, 11) is 0. The number of amides is 1. The average molecular weight is 285 g/mol. The lowest BCUT2D eigenvalue weighted by molar-refractivity contribution is 0.0733. The molecule has 3 rings (SSSR count). The molecule has 0 saturated heterocycles. The number of carbonyl (C=O) groups excluding carboxylic acids is 1. The fraction of sp³-hybridized carbons (Fsp3) is 0.235. The molecule has 2 aromatic carbocycles. The molecule has 108 valence electrons. The summed E-state index contributed by atoms with van der Waals surface area (Å²) in [6, 6.07) is 9.48. The third-order valence-electron chi connectivity index (χ3n) is 3.91. The van der Waals surface area contributed by atoms with Crippen LogP contribution >= 0.6 is 0 Å². The van der Waals surface area contributed by atoms with Gasteiger partial charge in [-0.05, 0) is 60.4 Å². The van der Waals surface area contributed by atoms with Gasteiger partial charge < -0.3 is 10.0 Å². The zero-order valence-electron chi connectivity index (χ0n) is 11.8. The maximum absolute atomic E-state index is 13.1. The Bertz CT molecular complexity index is 712. The van der Waals surface area contributed by atoms with Gasteiger partial charge in [0, 0.05) is 18.7 Å². The van der Waals surface area contributed by atoms with E-state index < -0.39 is 0 Å². The first-order valence-corrected chi connectivity index (χ1v) is 6.91. The van der Waals surface area contributed by atoms with E-state index in [1.54, 1.807) is 24.0 Å². The molecule has 0 radical (unpaired) electrons. The van der Waals surface area contributed by atoms with Gasteiger partial charge in [-0.25, -0.2) is 4.39 Å². The molecule has 0 bridgehead atoms. The first-order valence-electron chi connectivity index (χ1n) is 6.91. The summed E-state index contributed by atoms with van der Waals surface area (Å²) in [5.74, 6) is -0.222. The number of aryl methyl sites for hydroxylation is 1. The van der Waals surface area contributed by atoms with E-state index in [-0.39, 0.29) is 17.5 Å². The van der Waals surface area contributed by atoms with Crippen LogP contribution < -0.4 is 0 Å². The highest BCUT2D eigenvalue weighted by Gasteiger charge is 2.23. The van der Waals surface area contributed by atoms with Crippen LogP contribution in [0.25, 0.3) is 0 Å². The minimum Gasteiger partial charge on any atom is -0.508 e. The Hall–Kier alpha value is -2.36. The number of fused-ring (bicyclic) bond motifs is 1. The third-order valence-corrected chi connectivity index (χ3v) is 3.91. The van der Waals surface area contributed by atoms with Crippen LogP contribution in [0, 0.1) is 12.7 Å². The van der Waals surface area contributed by atoms with E-state index in [9.17, 15) is 14.3 Å². The fourth-order valence-electron chi connectivity index (χ4n) is 2.75. The second kappa shape index (κ2) is 5.20. The molecule has 0 unspecified atom stereocenters. The number of phenolic OH excluding ortho intramolecular Hbond substituents is 1. The van der Waals surface area contributed by atoms with Gasteiger partial charge in [0.05, 0.1) is 0 Å². The van der Waals surface area contributed by atoms with Gasteiger partial charge in [0.1, 0.15) is 11.6 Å².